The van der Waals surface area contributed by atoms with Crippen molar-refractivity contribution in [3.8, 4) is 0 Å². The van der Waals surface area contributed by atoms with Gasteiger partial charge in [0.15, 0.2) is 5.58 Å². The summed E-state index contributed by atoms with van der Waals surface area (Å²) in [5.74, 6) is 1.28. The number of amides is 1. The zero-order chi connectivity index (χ0) is 19.1. The maximum Gasteiger partial charge on any atom is 0.227 e. The molecule has 2 aromatic carbocycles. The Morgan fingerprint density at radius 3 is 2.71 bits per heavy atom. The van der Waals surface area contributed by atoms with Gasteiger partial charge in [-0.05, 0) is 48.9 Å². The average molecular weight is 395 g/mol. The summed E-state index contributed by atoms with van der Waals surface area (Å²) in [5, 5.41) is 0.639. The third kappa shape index (κ3) is 3.42. The Kier molecular flexibility index (Phi) is 4.59. The summed E-state index contributed by atoms with van der Waals surface area (Å²) >= 11 is 6.07. The molecular weight excluding hydrogens is 372 g/mol. The monoisotopic (exact) mass is 394 g/mol. The Hall–Kier alpha value is -2.33. The van der Waals surface area contributed by atoms with Crippen LogP contribution in [0.3, 0.4) is 0 Å². The standard InChI is InChI=1S/C23H23ClN2O2/c24-16-10-11-21-20(12-16)25-22(28-21)14-26(17-8-4-5-9-17)23(27)19-13-18(19)15-6-2-1-3-7-15/h1-3,6-7,10-12,17-19H,4-5,8-9,13-14H2/t18-,19?/m1/s1. The number of aromatic nitrogens is 1. The predicted octanol–water partition coefficient (Wildman–Crippen LogP) is 5.56. The van der Waals surface area contributed by atoms with Crippen LogP contribution in [0.2, 0.25) is 5.02 Å². The van der Waals surface area contributed by atoms with Gasteiger partial charge in [0.25, 0.3) is 0 Å². The van der Waals surface area contributed by atoms with E-state index in [1.807, 2.05) is 29.2 Å². The third-order valence-electron chi connectivity index (χ3n) is 6.08. The zero-order valence-electron chi connectivity index (χ0n) is 15.7. The molecule has 2 aliphatic rings. The molecule has 2 atom stereocenters. The second kappa shape index (κ2) is 7.25. The van der Waals surface area contributed by atoms with Crippen LogP contribution in [0.1, 0.15) is 49.5 Å². The molecule has 2 saturated carbocycles. The fourth-order valence-electron chi connectivity index (χ4n) is 4.51. The van der Waals surface area contributed by atoms with Crippen molar-refractivity contribution in [3.05, 3.63) is 65.0 Å². The van der Waals surface area contributed by atoms with Crippen molar-refractivity contribution >= 4 is 28.6 Å². The molecule has 2 aliphatic carbocycles. The van der Waals surface area contributed by atoms with E-state index in [9.17, 15) is 4.79 Å². The van der Waals surface area contributed by atoms with Gasteiger partial charge in [-0.2, -0.15) is 0 Å². The lowest BCUT2D eigenvalue weighted by molar-refractivity contribution is -0.136. The van der Waals surface area contributed by atoms with Gasteiger partial charge in [-0.25, -0.2) is 4.98 Å². The van der Waals surface area contributed by atoms with Crippen molar-refractivity contribution in [2.45, 2.75) is 50.6 Å². The fraction of sp³-hybridized carbons (Fsp3) is 0.391. The summed E-state index contributed by atoms with van der Waals surface area (Å²) < 4.78 is 5.91. The molecule has 1 unspecified atom stereocenters. The summed E-state index contributed by atoms with van der Waals surface area (Å²) in [5.41, 5.74) is 2.73. The number of rotatable bonds is 5. The highest BCUT2D eigenvalue weighted by Gasteiger charge is 2.47. The van der Waals surface area contributed by atoms with E-state index >= 15 is 0 Å². The second-order valence-corrected chi connectivity index (χ2v) is 8.42. The van der Waals surface area contributed by atoms with Crippen molar-refractivity contribution in [1.29, 1.82) is 0 Å². The molecule has 2 fully saturated rings. The normalized spacial score (nSPS) is 21.9. The van der Waals surface area contributed by atoms with Crippen LogP contribution in [0.4, 0.5) is 0 Å². The van der Waals surface area contributed by atoms with Gasteiger partial charge in [0.2, 0.25) is 11.8 Å². The average Bonchev–Trinajstić information content (AvgIpc) is 3.13. The molecule has 0 spiro atoms. The molecule has 0 saturated heterocycles. The summed E-state index contributed by atoms with van der Waals surface area (Å²) in [7, 11) is 0. The van der Waals surface area contributed by atoms with Crippen LogP contribution in [-0.4, -0.2) is 21.8 Å². The highest BCUT2D eigenvalue weighted by molar-refractivity contribution is 6.31. The Labute approximate surface area is 169 Å². The molecule has 3 aromatic rings. The number of fused-ring (bicyclic) bond motifs is 1. The first-order chi connectivity index (χ1) is 13.7. The molecule has 5 rings (SSSR count). The largest absolute Gasteiger partial charge is 0.439 e. The minimum Gasteiger partial charge on any atom is -0.439 e. The van der Waals surface area contributed by atoms with Crippen LogP contribution in [0.15, 0.2) is 52.9 Å². The Morgan fingerprint density at radius 2 is 1.93 bits per heavy atom. The summed E-state index contributed by atoms with van der Waals surface area (Å²) in [4.78, 5) is 20.0. The van der Waals surface area contributed by atoms with Gasteiger partial charge in [-0.1, -0.05) is 54.8 Å². The van der Waals surface area contributed by atoms with E-state index in [4.69, 9.17) is 16.0 Å². The summed E-state index contributed by atoms with van der Waals surface area (Å²) in [6.07, 6.45) is 5.45. The highest BCUT2D eigenvalue weighted by atomic mass is 35.5. The number of oxazole rings is 1. The Balaban J connectivity index is 1.37. The van der Waals surface area contributed by atoms with Crippen LogP contribution in [0, 0.1) is 5.92 Å². The molecule has 0 radical (unpaired) electrons. The number of halogens is 1. The smallest absolute Gasteiger partial charge is 0.227 e. The highest BCUT2D eigenvalue weighted by Crippen LogP contribution is 2.49. The molecule has 0 aliphatic heterocycles. The van der Waals surface area contributed by atoms with Gasteiger partial charge >= 0.3 is 0 Å². The Morgan fingerprint density at radius 1 is 1.14 bits per heavy atom. The van der Waals surface area contributed by atoms with Gasteiger partial charge in [0, 0.05) is 17.0 Å². The first-order valence-corrected chi connectivity index (χ1v) is 10.5. The second-order valence-electron chi connectivity index (χ2n) is 7.98. The van der Waals surface area contributed by atoms with Crippen molar-refractivity contribution in [2.24, 2.45) is 5.92 Å². The number of hydrogen-bond acceptors (Lipinski definition) is 3. The van der Waals surface area contributed by atoms with E-state index < -0.39 is 0 Å². The van der Waals surface area contributed by atoms with E-state index in [0.29, 0.717) is 35.0 Å². The van der Waals surface area contributed by atoms with Crippen molar-refractivity contribution in [1.82, 2.24) is 9.88 Å². The first kappa shape index (κ1) is 17.7. The minimum absolute atomic E-state index is 0.0850. The molecule has 5 heteroatoms. The fourth-order valence-corrected chi connectivity index (χ4v) is 4.68. The topological polar surface area (TPSA) is 46.3 Å². The molecule has 144 valence electrons. The van der Waals surface area contributed by atoms with Crippen LogP contribution in [-0.2, 0) is 11.3 Å². The maximum atomic E-state index is 13.4. The maximum absolute atomic E-state index is 13.4. The van der Waals surface area contributed by atoms with Crippen LogP contribution in [0.25, 0.3) is 11.1 Å². The van der Waals surface area contributed by atoms with E-state index in [1.54, 1.807) is 12.1 Å². The van der Waals surface area contributed by atoms with Gasteiger partial charge in [-0.3, -0.25) is 4.79 Å². The number of carbonyl (C=O) groups excluding carboxylic acids is 1. The molecule has 0 bridgehead atoms. The SMILES string of the molecule is O=C(C1C[C@@H]1c1ccccc1)N(Cc1nc2cc(Cl)ccc2o1)C1CCCC1. The number of hydrogen-bond donors (Lipinski definition) is 0. The van der Waals surface area contributed by atoms with Crippen LogP contribution < -0.4 is 0 Å². The Bertz CT molecular complexity index is 994. The predicted molar refractivity (Wildman–Crippen MR) is 109 cm³/mol. The quantitative estimate of drug-likeness (QED) is 0.569. The third-order valence-corrected chi connectivity index (χ3v) is 6.32. The molecule has 4 nitrogen and oxygen atoms in total. The van der Waals surface area contributed by atoms with Crippen molar-refractivity contribution < 1.29 is 9.21 Å². The lowest BCUT2D eigenvalue weighted by atomic mass is 10.1. The molecule has 1 aromatic heterocycles. The van der Waals surface area contributed by atoms with E-state index in [-0.39, 0.29) is 11.8 Å². The lowest BCUT2D eigenvalue weighted by Gasteiger charge is -2.28. The lowest BCUT2D eigenvalue weighted by Crippen LogP contribution is -2.39. The number of carbonyl (C=O) groups is 1. The molecule has 1 amide bonds. The van der Waals surface area contributed by atoms with Crippen molar-refractivity contribution in [3.63, 3.8) is 0 Å². The summed E-state index contributed by atoms with van der Waals surface area (Å²) in [6, 6.07) is 16.1. The van der Waals surface area contributed by atoms with E-state index in [2.05, 4.69) is 17.1 Å². The van der Waals surface area contributed by atoms with E-state index in [1.165, 1.54) is 18.4 Å². The molecular formula is C23H23ClN2O2. The van der Waals surface area contributed by atoms with Gasteiger partial charge in [0.1, 0.15) is 5.52 Å². The number of nitrogens with zero attached hydrogens (tertiary/aromatic N) is 2. The van der Waals surface area contributed by atoms with E-state index in [0.717, 1.165) is 24.8 Å². The van der Waals surface area contributed by atoms with Crippen LogP contribution in [0.5, 0.6) is 0 Å². The first-order valence-electron chi connectivity index (χ1n) is 10.1. The molecule has 0 N–H and O–H groups in total. The van der Waals surface area contributed by atoms with Gasteiger partial charge in [0.05, 0.1) is 6.54 Å². The minimum atomic E-state index is 0.0850. The van der Waals surface area contributed by atoms with Gasteiger partial charge < -0.3 is 9.32 Å². The van der Waals surface area contributed by atoms with Crippen molar-refractivity contribution in [2.75, 3.05) is 0 Å². The number of benzene rings is 2. The summed E-state index contributed by atoms with van der Waals surface area (Å²) in [6.45, 7) is 0.438. The zero-order valence-corrected chi connectivity index (χ0v) is 16.4. The molecule has 28 heavy (non-hydrogen) atoms. The van der Waals surface area contributed by atoms with Crippen LogP contribution >= 0.6 is 11.6 Å². The molecule has 1 heterocycles. The van der Waals surface area contributed by atoms with Gasteiger partial charge in [-0.15, -0.1) is 0 Å².